The summed E-state index contributed by atoms with van der Waals surface area (Å²) in [6.07, 6.45) is -0.0417. The lowest BCUT2D eigenvalue weighted by Crippen LogP contribution is -2.35. The highest BCUT2D eigenvalue weighted by atomic mass is 16.5. The largest absolute Gasteiger partial charge is 0.379 e. The van der Waals surface area contributed by atoms with Gasteiger partial charge in [0, 0.05) is 7.11 Å². The summed E-state index contributed by atoms with van der Waals surface area (Å²) in [5, 5.41) is 11.3. The molecular formula is C6H12N2O. The van der Waals surface area contributed by atoms with E-state index in [4.69, 9.17) is 10.00 Å². The number of likely N-dealkylation sites (N-methyl/N-ethyl adjacent to an activating group) is 1. The van der Waals surface area contributed by atoms with Crippen LogP contribution in [-0.2, 0) is 4.74 Å². The SMILES string of the molecule is CNC(C#N)C(C)OC. The van der Waals surface area contributed by atoms with Crippen molar-refractivity contribution in [3.8, 4) is 6.07 Å². The van der Waals surface area contributed by atoms with Gasteiger partial charge >= 0.3 is 0 Å². The number of hydrogen-bond donors (Lipinski definition) is 1. The minimum Gasteiger partial charge on any atom is -0.379 e. The molecule has 0 aromatic rings. The zero-order chi connectivity index (χ0) is 7.28. The molecular weight excluding hydrogens is 116 g/mol. The van der Waals surface area contributed by atoms with E-state index in [9.17, 15) is 0 Å². The first-order chi connectivity index (χ1) is 4.26. The van der Waals surface area contributed by atoms with Crippen molar-refractivity contribution in [2.24, 2.45) is 0 Å². The summed E-state index contributed by atoms with van der Waals surface area (Å²) < 4.78 is 4.91. The maximum Gasteiger partial charge on any atom is 0.121 e. The Bertz CT molecular complexity index is 108. The third-order valence-corrected chi connectivity index (χ3v) is 1.29. The number of nitrogens with zero attached hydrogens (tertiary/aromatic N) is 1. The van der Waals surface area contributed by atoms with E-state index in [0.29, 0.717) is 0 Å². The van der Waals surface area contributed by atoms with Gasteiger partial charge < -0.3 is 10.1 Å². The maximum atomic E-state index is 8.44. The first-order valence-corrected chi connectivity index (χ1v) is 2.86. The molecule has 1 N–H and O–H groups in total. The van der Waals surface area contributed by atoms with Crippen molar-refractivity contribution in [3.63, 3.8) is 0 Å². The number of nitrogens with one attached hydrogen (secondary N) is 1. The molecule has 0 aromatic carbocycles. The van der Waals surface area contributed by atoms with Crippen molar-refractivity contribution in [2.75, 3.05) is 14.2 Å². The van der Waals surface area contributed by atoms with E-state index in [1.165, 1.54) is 0 Å². The average molecular weight is 128 g/mol. The molecule has 0 rings (SSSR count). The van der Waals surface area contributed by atoms with Crippen molar-refractivity contribution < 1.29 is 4.74 Å². The van der Waals surface area contributed by atoms with Crippen LogP contribution in [-0.4, -0.2) is 26.3 Å². The molecule has 3 heteroatoms. The third-order valence-electron chi connectivity index (χ3n) is 1.29. The van der Waals surface area contributed by atoms with Gasteiger partial charge in [0.2, 0.25) is 0 Å². The molecule has 0 fully saturated rings. The molecule has 0 aliphatic carbocycles. The number of methoxy groups -OCH3 is 1. The van der Waals surface area contributed by atoms with Crippen LogP contribution in [0.2, 0.25) is 0 Å². The molecule has 0 heterocycles. The molecule has 2 atom stereocenters. The number of rotatable bonds is 3. The summed E-state index contributed by atoms with van der Waals surface area (Å²) in [4.78, 5) is 0. The molecule has 0 spiro atoms. The molecule has 0 radical (unpaired) electrons. The highest BCUT2D eigenvalue weighted by Gasteiger charge is 2.11. The maximum absolute atomic E-state index is 8.44. The van der Waals surface area contributed by atoms with Crippen LogP contribution < -0.4 is 5.32 Å². The Morgan fingerprint density at radius 2 is 2.22 bits per heavy atom. The van der Waals surface area contributed by atoms with Gasteiger partial charge in [-0.25, -0.2) is 0 Å². The summed E-state index contributed by atoms with van der Waals surface area (Å²) in [7, 11) is 3.33. The monoisotopic (exact) mass is 128 g/mol. The molecule has 3 nitrogen and oxygen atoms in total. The van der Waals surface area contributed by atoms with Gasteiger partial charge in [0.15, 0.2) is 0 Å². The minimum absolute atomic E-state index is 0.0417. The molecule has 0 aliphatic heterocycles. The molecule has 9 heavy (non-hydrogen) atoms. The van der Waals surface area contributed by atoms with E-state index in [-0.39, 0.29) is 12.1 Å². The van der Waals surface area contributed by atoms with Crippen molar-refractivity contribution in [2.45, 2.75) is 19.1 Å². The molecule has 0 saturated carbocycles. The van der Waals surface area contributed by atoms with E-state index in [1.807, 2.05) is 6.92 Å². The smallest absolute Gasteiger partial charge is 0.121 e. The quantitative estimate of drug-likeness (QED) is 0.587. The fourth-order valence-electron chi connectivity index (χ4n) is 0.540. The van der Waals surface area contributed by atoms with Crippen LogP contribution in [0.1, 0.15) is 6.92 Å². The molecule has 0 aliphatic rings. The van der Waals surface area contributed by atoms with Gasteiger partial charge in [0.25, 0.3) is 0 Å². The molecule has 0 bridgehead atoms. The topological polar surface area (TPSA) is 45.0 Å². The van der Waals surface area contributed by atoms with Crippen LogP contribution in [0.15, 0.2) is 0 Å². The lowest BCUT2D eigenvalue weighted by molar-refractivity contribution is 0.101. The zero-order valence-corrected chi connectivity index (χ0v) is 6.01. The van der Waals surface area contributed by atoms with Crippen molar-refractivity contribution in [1.29, 1.82) is 5.26 Å². The number of hydrogen-bond acceptors (Lipinski definition) is 3. The second kappa shape index (κ2) is 4.30. The van der Waals surface area contributed by atoms with Gasteiger partial charge in [-0.2, -0.15) is 5.26 Å². The van der Waals surface area contributed by atoms with Crippen molar-refractivity contribution in [1.82, 2.24) is 5.32 Å². The average Bonchev–Trinajstić information content (AvgIpc) is 1.90. The summed E-state index contributed by atoms with van der Waals surface area (Å²) in [6.45, 7) is 1.85. The van der Waals surface area contributed by atoms with Gasteiger partial charge in [-0.1, -0.05) is 0 Å². The van der Waals surface area contributed by atoms with E-state index < -0.39 is 0 Å². The van der Waals surface area contributed by atoms with Gasteiger partial charge in [0.1, 0.15) is 6.04 Å². The minimum atomic E-state index is -0.199. The van der Waals surface area contributed by atoms with Crippen LogP contribution >= 0.6 is 0 Å². The van der Waals surface area contributed by atoms with Gasteiger partial charge in [-0.05, 0) is 14.0 Å². The van der Waals surface area contributed by atoms with Crippen LogP contribution in [0.5, 0.6) is 0 Å². The fourth-order valence-corrected chi connectivity index (χ4v) is 0.540. The zero-order valence-electron chi connectivity index (χ0n) is 6.01. The van der Waals surface area contributed by atoms with Gasteiger partial charge in [-0.3, -0.25) is 0 Å². The number of nitriles is 1. The normalized spacial score (nSPS) is 16.2. The second-order valence-electron chi connectivity index (χ2n) is 1.84. The van der Waals surface area contributed by atoms with Crippen LogP contribution in [0.25, 0.3) is 0 Å². The summed E-state index contributed by atoms with van der Waals surface area (Å²) in [6, 6.07) is 1.87. The standard InChI is InChI=1S/C6H12N2O/c1-5(9-3)6(4-7)8-2/h5-6,8H,1-3H3. The fraction of sp³-hybridized carbons (Fsp3) is 0.833. The Morgan fingerprint density at radius 1 is 1.67 bits per heavy atom. The predicted octanol–water partition coefficient (Wildman–Crippen LogP) is 0.133. The first kappa shape index (κ1) is 8.41. The van der Waals surface area contributed by atoms with E-state index in [2.05, 4.69) is 11.4 Å². The second-order valence-corrected chi connectivity index (χ2v) is 1.84. The Hall–Kier alpha value is -0.590. The molecule has 0 saturated heterocycles. The van der Waals surface area contributed by atoms with Gasteiger partial charge in [-0.15, -0.1) is 0 Å². The Morgan fingerprint density at radius 3 is 2.33 bits per heavy atom. The summed E-state index contributed by atoms with van der Waals surface area (Å²) in [5.41, 5.74) is 0. The van der Waals surface area contributed by atoms with E-state index >= 15 is 0 Å². The summed E-state index contributed by atoms with van der Waals surface area (Å²) in [5.74, 6) is 0. The molecule has 0 aromatic heterocycles. The lowest BCUT2D eigenvalue weighted by Gasteiger charge is -2.13. The Kier molecular flexibility index (Phi) is 4.02. The summed E-state index contributed by atoms with van der Waals surface area (Å²) >= 11 is 0. The molecule has 2 unspecified atom stereocenters. The first-order valence-electron chi connectivity index (χ1n) is 2.86. The molecule has 0 amide bonds. The highest BCUT2D eigenvalue weighted by Crippen LogP contribution is 1.93. The van der Waals surface area contributed by atoms with E-state index in [0.717, 1.165) is 0 Å². The van der Waals surface area contributed by atoms with Gasteiger partial charge in [0.05, 0.1) is 12.2 Å². The Balaban J connectivity index is 3.68. The molecule has 52 valence electrons. The van der Waals surface area contributed by atoms with Crippen LogP contribution in [0, 0.1) is 11.3 Å². The lowest BCUT2D eigenvalue weighted by atomic mass is 10.2. The van der Waals surface area contributed by atoms with E-state index in [1.54, 1.807) is 14.2 Å². The predicted molar refractivity (Wildman–Crippen MR) is 34.9 cm³/mol. The van der Waals surface area contributed by atoms with Crippen LogP contribution in [0.4, 0.5) is 0 Å². The third kappa shape index (κ3) is 2.45. The Labute approximate surface area is 55.6 Å². The van der Waals surface area contributed by atoms with Crippen LogP contribution in [0.3, 0.4) is 0 Å². The van der Waals surface area contributed by atoms with Crippen molar-refractivity contribution in [3.05, 3.63) is 0 Å². The highest BCUT2D eigenvalue weighted by molar-refractivity contribution is 4.92. The number of ether oxygens (including phenoxy) is 1. The van der Waals surface area contributed by atoms with Crippen molar-refractivity contribution >= 4 is 0 Å².